The molecule has 0 aromatic heterocycles. The van der Waals surface area contributed by atoms with E-state index in [9.17, 15) is 14.7 Å². The Balaban J connectivity index is 3.08. The van der Waals surface area contributed by atoms with E-state index in [0.717, 1.165) is 6.42 Å². The van der Waals surface area contributed by atoms with Gasteiger partial charge in [-0.25, -0.2) is 4.79 Å². The number of hydrogen-bond donors (Lipinski definition) is 2. The molecule has 0 radical (unpaired) electrons. The van der Waals surface area contributed by atoms with Crippen LogP contribution in [0.2, 0.25) is 0 Å². The first kappa shape index (κ1) is 17.8. The topological polar surface area (TPSA) is 84.9 Å². The second-order valence-corrected chi connectivity index (χ2v) is 5.22. The van der Waals surface area contributed by atoms with Crippen LogP contribution in [-0.4, -0.2) is 36.7 Å². The number of carbonyl (C=O) groups excluding carboxylic acids is 1. The molecule has 1 amide bonds. The standard InChI is InChI=1S/C16H23NO5/c1-5-9-22-14-11(7-6-8-12(14)21-4)15(18)17-13(10(2)3)16(19)20/h6-8,10,13H,5,9H2,1-4H3,(H,17,18)(H,19,20). The van der Waals surface area contributed by atoms with Gasteiger partial charge >= 0.3 is 5.97 Å². The third-order valence-corrected chi connectivity index (χ3v) is 3.11. The van der Waals surface area contributed by atoms with Crippen LogP contribution in [0.5, 0.6) is 11.5 Å². The molecule has 1 unspecified atom stereocenters. The number of para-hydroxylation sites is 1. The van der Waals surface area contributed by atoms with E-state index in [2.05, 4.69) is 5.32 Å². The van der Waals surface area contributed by atoms with Gasteiger partial charge in [-0.2, -0.15) is 0 Å². The highest BCUT2D eigenvalue weighted by Gasteiger charge is 2.26. The number of carbonyl (C=O) groups is 2. The maximum Gasteiger partial charge on any atom is 0.326 e. The van der Waals surface area contributed by atoms with Crippen molar-refractivity contribution in [3.8, 4) is 11.5 Å². The van der Waals surface area contributed by atoms with E-state index < -0.39 is 17.9 Å². The molecule has 0 aliphatic rings. The largest absolute Gasteiger partial charge is 0.493 e. The van der Waals surface area contributed by atoms with Gasteiger partial charge in [-0.1, -0.05) is 26.8 Å². The van der Waals surface area contributed by atoms with Crippen molar-refractivity contribution in [3.63, 3.8) is 0 Å². The Kier molecular flexibility index (Phi) is 6.69. The summed E-state index contributed by atoms with van der Waals surface area (Å²) in [5.74, 6) is -1.02. The molecule has 1 aromatic carbocycles. The number of carboxylic acid groups (broad SMARTS) is 1. The summed E-state index contributed by atoms with van der Waals surface area (Å²) in [5.41, 5.74) is 0.264. The van der Waals surface area contributed by atoms with Crippen molar-refractivity contribution < 1.29 is 24.2 Å². The fraction of sp³-hybridized carbons (Fsp3) is 0.500. The van der Waals surface area contributed by atoms with Crippen LogP contribution in [0.1, 0.15) is 37.6 Å². The molecular formula is C16H23NO5. The number of carboxylic acids is 1. The zero-order valence-electron chi connectivity index (χ0n) is 13.4. The molecule has 1 aromatic rings. The number of hydrogen-bond acceptors (Lipinski definition) is 4. The SMILES string of the molecule is CCCOc1c(OC)cccc1C(=O)NC(C(=O)O)C(C)C. The number of ether oxygens (including phenoxy) is 2. The van der Waals surface area contributed by atoms with Crippen LogP contribution in [-0.2, 0) is 4.79 Å². The Hall–Kier alpha value is -2.24. The van der Waals surface area contributed by atoms with E-state index in [-0.39, 0.29) is 11.5 Å². The Bertz CT molecular complexity index is 527. The minimum atomic E-state index is -1.07. The Morgan fingerprint density at radius 3 is 2.50 bits per heavy atom. The number of aliphatic carboxylic acids is 1. The van der Waals surface area contributed by atoms with Crippen molar-refractivity contribution in [1.82, 2.24) is 5.32 Å². The first-order valence-corrected chi connectivity index (χ1v) is 7.25. The second-order valence-electron chi connectivity index (χ2n) is 5.22. The van der Waals surface area contributed by atoms with Gasteiger partial charge < -0.3 is 19.9 Å². The lowest BCUT2D eigenvalue weighted by atomic mass is 10.0. The normalized spacial score (nSPS) is 11.9. The molecule has 0 saturated carbocycles. The average Bonchev–Trinajstić information content (AvgIpc) is 2.49. The first-order valence-electron chi connectivity index (χ1n) is 7.25. The number of nitrogens with one attached hydrogen (secondary N) is 1. The molecule has 22 heavy (non-hydrogen) atoms. The predicted molar refractivity (Wildman–Crippen MR) is 82.5 cm³/mol. The summed E-state index contributed by atoms with van der Waals surface area (Å²) in [6, 6.07) is 3.98. The van der Waals surface area contributed by atoms with Crippen LogP contribution < -0.4 is 14.8 Å². The van der Waals surface area contributed by atoms with Gasteiger partial charge in [-0.15, -0.1) is 0 Å². The highest BCUT2D eigenvalue weighted by molar-refractivity contribution is 5.99. The van der Waals surface area contributed by atoms with Gasteiger partial charge in [-0.05, 0) is 24.5 Å². The molecule has 0 aliphatic heterocycles. The maximum absolute atomic E-state index is 12.4. The van der Waals surface area contributed by atoms with Crippen molar-refractivity contribution in [1.29, 1.82) is 0 Å². The molecule has 0 aliphatic carbocycles. The summed E-state index contributed by atoms with van der Waals surface area (Å²) in [6.07, 6.45) is 0.781. The third-order valence-electron chi connectivity index (χ3n) is 3.11. The van der Waals surface area contributed by atoms with Gasteiger partial charge in [0.25, 0.3) is 5.91 Å². The lowest BCUT2D eigenvalue weighted by Gasteiger charge is -2.19. The molecule has 0 heterocycles. The fourth-order valence-electron chi connectivity index (χ4n) is 1.94. The van der Waals surface area contributed by atoms with E-state index in [0.29, 0.717) is 18.1 Å². The molecule has 2 N–H and O–H groups in total. The predicted octanol–water partition coefficient (Wildman–Crippen LogP) is 2.32. The molecule has 0 fully saturated rings. The van der Waals surface area contributed by atoms with Crippen molar-refractivity contribution in [2.45, 2.75) is 33.2 Å². The van der Waals surface area contributed by atoms with Crippen LogP contribution in [0.15, 0.2) is 18.2 Å². The summed E-state index contributed by atoms with van der Waals surface area (Å²) in [4.78, 5) is 23.6. The summed E-state index contributed by atoms with van der Waals surface area (Å²) in [7, 11) is 1.49. The van der Waals surface area contributed by atoms with Crippen LogP contribution in [0.25, 0.3) is 0 Å². The van der Waals surface area contributed by atoms with Gasteiger partial charge in [0.05, 0.1) is 19.3 Å². The second kappa shape index (κ2) is 8.26. The molecule has 1 atom stereocenters. The average molecular weight is 309 g/mol. The first-order chi connectivity index (χ1) is 10.4. The molecule has 0 spiro atoms. The fourth-order valence-corrected chi connectivity index (χ4v) is 1.94. The lowest BCUT2D eigenvalue weighted by molar-refractivity contribution is -0.140. The zero-order valence-corrected chi connectivity index (χ0v) is 13.4. The monoisotopic (exact) mass is 309 g/mol. The molecular weight excluding hydrogens is 286 g/mol. The Morgan fingerprint density at radius 1 is 1.32 bits per heavy atom. The lowest BCUT2D eigenvalue weighted by Crippen LogP contribution is -2.44. The van der Waals surface area contributed by atoms with Crippen LogP contribution in [0.3, 0.4) is 0 Å². The summed E-state index contributed by atoms with van der Waals surface area (Å²) >= 11 is 0. The van der Waals surface area contributed by atoms with E-state index in [1.54, 1.807) is 32.0 Å². The highest BCUT2D eigenvalue weighted by Crippen LogP contribution is 2.31. The van der Waals surface area contributed by atoms with Crippen molar-refractivity contribution in [3.05, 3.63) is 23.8 Å². The van der Waals surface area contributed by atoms with E-state index in [4.69, 9.17) is 9.47 Å². The summed E-state index contributed by atoms with van der Waals surface area (Å²) in [5, 5.41) is 11.7. The molecule has 122 valence electrons. The van der Waals surface area contributed by atoms with Gasteiger partial charge in [-0.3, -0.25) is 4.79 Å². The molecule has 6 heteroatoms. The van der Waals surface area contributed by atoms with Gasteiger partial charge in [0.15, 0.2) is 11.5 Å². The number of methoxy groups -OCH3 is 1. The quantitative estimate of drug-likeness (QED) is 0.770. The number of benzene rings is 1. The van der Waals surface area contributed by atoms with Gasteiger partial charge in [0.2, 0.25) is 0 Å². The van der Waals surface area contributed by atoms with E-state index in [1.165, 1.54) is 7.11 Å². The van der Waals surface area contributed by atoms with E-state index >= 15 is 0 Å². The van der Waals surface area contributed by atoms with Crippen LogP contribution >= 0.6 is 0 Å². The smallest absolute Gasteiger partial charge is 0.326 e. The third kappa shape index (κ3) is 4.38. The van der Waals surface area contributed by atoms with Crippen molar-refractivity contribution in [2.75, 3.05) is 13.7 Å². The number of amides is 1. The van der Waals surface area contributed by atoms with Gasteiger partial charge in [0.1, 0.15) is 6.04 Å². The Morgan fingerprint density at radius 2 is 2.00 bits per heavy atom. The summed E-state index contributed by atoms with van der Waals surface area (Å²) < 4.78 is 10.8. The van der Waals surface area contributed by atoms with E-state index in [1.807, 2.05) is 6.92 Å². The van der Waals surface area contributed by atoms with Crippen LogP contribution in [0, 0.1) is 5.92 Å². The number of rotatable bonds is 8. The minimum absolute atomic E-state index is 0.230. The van der Waals surface area contributed by atoms with Crippen molar-refractivity contribution in [2.24, 2.45) is 5.92 Å². The minimum Gasteiger partial charge on any atom is -0.493 e. The van der Waals surface area contributed by atoms with Gasteiger partial charge in [0, 0.05) is 0 Å². The van der Waals surface area contributed by atoms with Crippen molar-refractivity contribution >= 4 is 11.9 Å². The summed E-state index contributed by atoms with van der Waals surface area (Å²) in [6.45, 7) is 5.86. The van der Waals surface area contributed by atoms with Crippen LogP contribution in [0.4, 0.5) is 0 Å². The maximum atomic E-state index is 12.4. The molecule has 1 rings (SSSR count). The highest BCUT2D eigenvalue weighted by atomic mass is 16.5. The Labute approximate surface area is 130 Å². The molecule has 6 nitrogen and oxygen atoms in total. The zero-order chi connectivity index (χ0) is 16.7. The molecule has 0 bridgehead atoms. The molecule has 0 saturated heterocycles.